The molecule has 1 aromatic rings. The van der Waals surface area contributed by atoms with Crippen molar-refractivity contribution in [3.63, 3.8) is 0 Å². The number of carbonyl (C=O) groups excluding carboxylic acids is 2. The number of thioether (sulfide) groups is 1. The second kappa shape index (κ2) is 7.15. The number of fused-ring (bicyclic) bond motifs is 1. The third-order valence-electron chi connectivity index (χ3n) is 5.11. The number of ether oxygens (including phenoxy) is 1. The van der Waals surface area contributed by atoms with Gasteiger partial charge in [0.15, 0.2) is 0 Å². The Hall–Kier alpha value is -1.28. The second-order valence-electron chi connectivity index (χ2n) is 6.84. The molecule has 1 fully saturated rings. The minimum Gasteiger partial charge on any atom is -0.378 e. The van der Waals surface area contributed by atoms with Crippen molar-refractivity contribution in [1.29, 1.82) is 0 Å². The first-order valence-corrected chi connectivity index (χ1v) is 9.05. The van der Waals surface area contributed by atoms with Gasteiger partial charge in [0.2, 0.25) is 11.8 Å². The van der Waals surface area contributed by atoms with E-state index in [2.05, 4.69) is 10.6 Å². The zero-order valence-corrected chi connectivity index (χ0v) is 16.2. The SMILES string of the molecule is CCOC1CC(N)(C(=O)Nc2ccc3c(c2)NC(=O)CS3)C1(C)C.Cl. The van der Waals surface area contributed by atoms with E-state index in [0.29, 0.717) is 24.5 Å². The Labute approximate surface area is 158 Å². The Kier molecular flexibility index (Phi) is 5.73. The summed E-state index contributed by atoms with van der Waals surface area (Å²) >= 11 is 1.49. The summed E-state index contributed by atoms with van der Waals surface area (Å²) in [4.78, 5) is 25.2. The first-order valence-electron chi connectivity index (χ1n) is 8.06. The molecule has 1 saturated carbocycles. The number of carbonyl (C=O) groups is 2. The summed E-state index contributed by atoms with van der Waals surface area (Å²) in [6, 6.07) is 5.50. The normalized spacial score (nSPS) is 26.6. The lowest BCUT2D eigenvalue weighted by Gasteiger charge is -2.57. The Morgan fingerprint density at radius 1 is 1.48 bits per heavy atom. The zero-order chi connectivity index (χ0) is 17.5. The molecule has 0 aromatic heterocycles. The maximum Gasteiger partial charge on any atom is 0.245 e. The fourth-order valence-electron chi connectivity index (χ4n) is 3.22. The van der Waals surface area contributed by atoms with Crippen molar-refractivity contribution in [2.45, 2.75) is 43.7 Å². The van der Waals surface area contributed by atoms with Gasteiger partial charge in [-0.15, -0.1) is 24.2 Å². The van der Waals surface area contributed by atoms with Crippen LogP contribution in [0.15, 0.2) is 23.1 Å². The number of nitrogens with one attached hydrogen (secondary N) is 2. The van der Waals surface area contributed by atoms with Crippen molar-refractivity contribution >= 4 is 47.4 Å². The molecule has 25 heavy (non-hydrogen) atoms. The monoisotopic (exact) mass is 385 g/mol. The van der Waals surface area contributed by atoms with Crippen molar-refractivity contribution in [2.75, 3.05) is 23.0 Å². The van der Waals surface area contributed by atoms with Crippen LogP contribution in [0.4, 0.5) is 11.4 Å². The molecule has 8 heteroatoms. The minimum atomic E-state index is -0.971. The van der Waals surface area contributed by atoms with E-state index in [1.807, 2.05) is 32.9 Å². The highest BCUT2D eigenvalue weighted by Crippen LogP contribution is 2.50. The van der Waals surface area contributed by atoms with Gasteiger partial charge in [0, 0.05) is 29.0 Å². The van der Waals surface area contributed by atoms with Gasteiger partial charge in [-0.05, 0) is 25.1 Å². The molecule has 2 unspecified atom stereocenters. The summed E-state index contributed by atoms with van der Waals surface area (Å²) in [6.07, 6.45) is 0.481. The van der Waals surface area contributed by atoms with Crippen molar-refractivity contribution in [2.24, 2.45) is 11.1 Å². The predicted molar refractivity (Wildman–Crippen MR) is 102 cm³/mol. The number of hydrogen-bond acceptors (Lipinski definition) is 5. The fraction of sp³-hybridized carbons (Fsp3) is 0.529. The average Bonchev–Trinajstić information content (AvgIpc) is 2.54. The smallest absolute Gasteiger partial charge is 0.245 e. The van der Waals surface area contributed by atoms with Crippen LogP contribution in [0.3, 0.4) is 0 Å². The van der Waals surface area contributed by atoms with E-state index < -0.39 is 11.0 Å². The summed E-state index contributed by atoms with van der Waals surface area (Å²) in [6.45, 7) is 6.46. The van der Waals surface area contributed by atoms with Gasteiger partial charge in [0.1, 0.15) is 5.54 Å². The van der Waals surface area contributed by atoms with E-state index >= 15 is 0 Å². The van der Waals surface area contributed by atoms with Crippen LogP contribution in [0.1, 0.15) is 27.2 Å². The fourth-order valence-corrected chi connectivity index (χ4v) is 4.01. The largest absolute Gasteiger partial charge is 0.378 e. The summed E-state index contributed by atoms with van der Waals surface area (Å²) in [5, 5.41) is 5.71. The molecule has 0 bridgehead atoms. The summed E-state index contributed by atoms with van der Waals surface area (Å²) in [5.41, 5.74) is 6.33. The molecule has 4 N–H and O–H groups in total. The van der Waals surface area contributed by atoms with Gasteiger partial charge >= 0.3 is 0 Å². The highest BCUT2D eigenvalue weighted by Gasteiger charge is 2.62. The van der Waals surface area contributed by atoms with Gasteiger partial charge in [0.05, 0.1) is 17.5 Å². The molecule has 0 spiro atoms. The number of halogens is 1. The molecule has 1 aliphatic carbocycles. The van der Waals surface area contributed by atoms with E-state index in [1.165, 1.54) is 11.8 Å². The number of nitrogens with two attached hydrogens (primary N) is 1. The number of rotatable bonds is 4. The van der Waals surface area contributed by atoms with E-state index in [0.717, 1.165) is 10.6 Å². The average molecular weight is 386 g/mol. The Balaban J connectivity index is 0.00000225. The molecular formula is C17H24ClN3O3S. The quantitative estimate of drug-likeness (QED) is 0.740. The van der Waals surface area contributed by atoms with E-state index in [1.54, 1.807) is 6.07 Å². The molecule has 3 rings (SSSR count). The molecule has 1 aromatic carbocycles. The first kappa shape index (κ1) is 20.0. The summed E-state index contributed by atoms with van der Waals surface area (Å²) < 4.78 is 5.66. The maximum absolute atomic E-state index is 12.7. The topological polar surface area (TPSA) is 93.4 Å². The molecular weight excluding hydrogens is 362 g/mol. The lowest BCUT2D eigenvalue weighted by Crippen LogP contribution is -2.74. The molecule has 138 valence electrons. The third-order valence-corrected chi connectivity index (χ3v) is 6.18. The maximum atomic E-state index is 12.7. The molecule has 1 aliphatic heterocycles. The first-order chi connectivity index (χ1) is 11.3. The highest BCUT2D eigenvalue weighted by atomic mass is 35.5. The molecule has 1 heterocycles. The van der Waals surface area contributed by atoms with Gasteiger partial charge in [0.25, 0.3) is 0 Å². The van der Waals surface area contributed by atoms with Crippen LogP contribution in [0.25, 0.3) is 0 Å². The summed E-state index contributed by atoms with van der Waals surface area (Å²) in [7, 11) is 0. The van der Waals surface area contributed by atoms with Crippen LogP contribution in [-0.2, 0) is 14.3 Å². The molecule has 0 radical (unpaired) electrons. The standard InChI is InChI=1S/C17H23N3O3S.ClH/c1-4-23-13-8-17(18,16(13,2)3)15(22)19-10-5-6-12-11(7-10)20-14(21)9-24-12;/h5-7,13H,4,8-9,18H2,1-3H3,(H,19,22)(H,20,21);1H. The van der Waals surface area contributed by atoms with Gasteiger partial charge in [-0.3, -0.25) is 9.59 Å². The van der Waals surface area contributed by atoms with Crippen LogP contribution in [0, 0.1) is 5.41 Å². The molecule has 2 amide bonds. The van der Waals surface area contributed by atoms with Crippen LogP contribution in [0.5, 0.6) is 0 Å². The van der Waals surface area contributed by atoms with E-state index in [4.69, 9.17) is 10.5 Å². The van der Waals surface area contributed by atoms with Crippen LogP contribution >= 0.6 is 24.2 Å². The second-order valence-corrected chi connectivity index (χ2v) is 7.86. The molecule has 2 aliphatic rings. The summed E-state index contributed by atoms with van der Waals surface area (Å²) in [5.74, 6) is 0.154. The Morgan fingerprint density at radius 3 is 2.84 bits per heavy atom. The number of hydrogen-bond donors (Lipinski definition) is 3. The van der Waals surface area contributed by atoms with E-state index in [9.17, 15) is 9.59 Å². The lowest BCUT2D eigenvalue weighted by atomic mass is 9.54. The van der Waals surface area contributed by atoms with Gasteiger partial charge in [-0.1, -0.05) is 13.8 Å². The number of amides is 2. The number of benzene rings is 1. The Morgan fingerprint density at radius 2 is 2.20 bits per heavy atom. The molecule has 0 saturated heterocycles. The van der Waals surface area contributed by atoms with Crippen molar-refractivity contribution in [1.82, 2.24) is 0 Å². The minimum absolute atomic E-state index is 0. The number of anilines is 2. The third kappa shape index (κ3) is 3.38. The lowest BCUT2D eigenvalue weighted by molar-refractivity contribution is -0.166. The van der Waals surface area contributed by atoms with Crippen molar-refractivity contribution < 1.29 is 14.3 Å². The zero-order valence-electron chi connectivity index (χ0n) is 14.5. The predicted octanol–water partition coefficient (Wildman–Crippen LogP) is 2.62. The van der Waals surface area contributed by atoms with Gasteiger partial charge in [-0.25, -0.2) is 0 Å². The molecule has 2 atom stereocenters. The van der Waals surface area contributed by atoms with Crippen LogP contribution in [-0.4, -0.2) is 35.8 Å². The van der Waals surface area contributed by atoms with Crippen LogP contribution in [0.2, 0.25) is 0 Å². The van der Waals surface area contributed by atoms with Crippen molar-refractivity contribution in [3.8, 4) is 0 Å². The Bertz CT molecular complexity index is 698. The highest BCUT2D eigenvalue weighted by molar-refractivity contribution is 8.00. The van der Waals surface area contributed by atoms with Gasteiger partial charge < -0.3 is 21.1 Å². The van der Waals surface area contributed by atoms with Crippen LogP contribution < -0.4 is 16.4 Å². The van der Waals surface area contributed by atoms with Gasteiger partial charge in [-0.2, -0.15) is 0 Å². The van der Waals surface area contributed by atoms with E-state index in [-0.39, 0.29) is 30.3 Å². The van der Waals surface area contributed by atoms with Crippen molar-refractivity contribution in [3.05, 3.63) is 18.2 Å². The molecule has 6 nitrogen and oxygen atoms in total.